The summed E-state index contributed by atoms with van der Waals surface area (Å²) in [7, 11) is 0. The van der Waals surface area contributed by atoms with Gasteiger partial charge in [0.25, 0.3) is 5.91 Å². The molecule has 1 atom stereocenters. The SMILES string of the molecule is Cc1c(C(=O)O[C@@H](C)C(=O)NC(C)C)oc2ccc(Cl)cc12. The van der Waals surface area contributed by atoms with E-state index in [9.17, 15) is 9.59 Å². The van der Waals surface area contributed by atoms with Crippen molar-refractivity contribution in [2.24, 2.45) is 0 Å². The molecule has 0 saturated carbocycles. The number of benzene rings is 1. The Hall–Kier alpha value is -2.01. The zero-order chi connectivity index (χ0) is 16.4. The molecule has 5 nitrogen and oxygen atoms in total. The first-order valence-electron chi connectivity index (χ1n) is 6.99. The van der Waals surface area contributed by atoms with Crippen LogP contribution in [0.3, 0.4) is 0 Å². The molecular weight excluding hydrogens is 306 g/mol. The molecule has 1 amide bonds. The smallest absolute Gasteiger partial charge is 0.375 e. The quantitative estimate of drug-likeness (QED) is 0.875. The summed E-state index contributed by atoms with van der Waals surface area (Å²) in [5.41, 5.74) is 1.19. The molecule has 1 heterocycles. The molecule has 6 heteroatoms. The fraction of sp³-hybridized carbons (Fsp3) is 0.375. The second-order valence-corrected chi connectivity index (χ2v) is 5.84. The summed E-state index contributed by atoms with van der Waals surface area (Å²) in [5.74, 6) is -0.933. The van der Waals surface area contributed by atoms with Crippen molar-refractivity contribution in [2.75, 3.05) is 0 Å². The normalized spacial score (nSPS) is 12.5. The summed E-state index contributed by atoms with van der Waals surface area (Å²) in [5, 5.41) is 3.99. The molecular formula is C16H18ClNO4. The van der Waals surface area contributed by atoms with Gasteiger partial charge in [-0.1, -0.05) is 11.6 Å². The molecule has 22 heavy (non-hydrogen) atoms. The van der Waals surface area contributed by atoms with E-state index in [2.05, 4.69) is 5.32 Å². The van der Waals surface area contributed by atoms with Crippen LogP contribution in [-0.2, 0) is 9.53 Å². The zero-order valence-corrected chi connectivity index (χ0v) is 13.7. The highest BCUT2D eigenvalue weighted by molar-refractivity contribution is 6.31. The molecule has 0 aliphatic heterocycles. The van der Waals surface area contributed by atoms with Crippen LogP contribution in [0.5, 0.6) is 0 Å². The molecule has 0 saturated heterocycles. The van der Waals surface area contributed by atoms with E-state index >= 15 is 0 Å². The lowest BCUT2D eigenvalue weighted by Gasteiger charge is -2.14. The van der Waals surface area contributed by atoms with Crippen molar-refractivity contribution in [3.63, 3.8) is 0 Å². The number of furan rings is 1. The zero-order valence-electron chi connectivity index (χ0n) is 12.9. The Morgan fingerprint density at radius 2 is 1.95 bits per heavy atom. The van der Waals surface area contributed by atoms with Crippen molar-refractivity contribution in [1.29, 1.82) is 0 Å². The summed E-state index contributed by atoms with van der Waals surface area (Å²) < 4.78 is 10.7. The third-order valence-electron chi connectivity index (χ3n) is 3.17. The van der Waals surface area contributed by atoms with Crippen LogP contribution in [0.15, 0.2) is 22.6 Å². The van der Waals surface area contributed by atoms with Crippen LogP contribution in [0.1, 0.15) is 36.9 Å². The van der Waals surface area contributed by atoms with E-state index in [-0.39, 0.29) is 17.7 Å². The summed E-state index contributed by atoms with van der Waals surface area (Å²) in [6.45, 7) is 6.93. The number of ether oxygens (including phenoxy) is 1. The van der Waals surface area contributed by atoms with Crippen molar-refractivity contribution in [3.8, 4) is 0 Å². The molecule has 0 fully saturated rings. The van der Waals surface area contributed by atoms with Gasteiger partial charge in [-0.15, -0.1) is 0 Å². The Balaban J connectivity index is 2.19. The van der Waals surface area contributed by atoms with Crippen molar-refractivity contribution < 1.29 is 18.7 Å². The van der Waals surface area contributed by atoms with Crippen LogP contribution < -0.4 is 5.32 Å². The maximum absolute atomic E-state index is 12.2. The summed E-state index contributed by atoms with van der Waals surface area (Å²) in [6.07, 6.45) is -0.897. The predicted molar refractivity (Wildman–Crippen MR) is 84.1 cm³/mol. The van der Waals surface area contributed by atoms with Gasteiger partial charge in [0.05, 0.1) is 0 Å². The average molecular weight is 324 g/mol. The third-order valence-corrected chi connectivity index (χ3v) is 3.40. The first-order chi connectivity index (χ1) is 10.3. The van der Waals surface area contributed by atoms with Gasteiger partial charge in [0.2, 0.25) is 5.76 Å². The van der Waals surface area contributed by atoms with E-state index in [4.69, 9.17) is 20.8 Å². The Morgan fingerprint density at radius 3 is 2.59 bits per heavy atom. The number of carbonyl (C=O) groups excluding carboxylic acids is 2. The van der Waals surface area contributed by atoms with Crippen molar-refractivity contribution >= 4 is 34.4 Å². The van der Waals surface area contributed by atoms with Gasteiger partial charge in [-0.3, -0.25) is 4.79 Å². The molecule has 0 radical (unpaired) electrons. The molecule has 1 N–H and O–H groups in total. The van der Waals surface area contributed by atoms with E-state index < -0.39 is 12.1 Å². The average Bonchev–Trinajstić information content (AvgIpc) is 2.75. The third kappa shape index (κ3) is 3.42. The van der Waals surface area contributed by atoms with Crippen LogP contribution in [0.4, 0.5) is 0 Å². The summed E-state index contributed by atoms with van der Waals surface area (Å²) in [4.78, 5) is 24.0. The monoisotopic (exact) mass is 323 g/mol. The lowest BCUT2D eigenvalue weighted by Crippen LogP contribution is -2.39. The molecule has 0 spiro atoms. The highest BCUT2D eigenvalue weighted by Gasteiger charge is 2.24. The van der Waals surface area contributed by atoms with Crippen LogP contribution in [0, 0.1) is 6.92 Å². The topological polar surface area (TPSA) is 68.5 Å². The van der Waals surface area contributed by atoms with Crippen LogP contribution >= 0.6 is 11.6 Å². The van der Waals surface area contributed by atoms with Crippen molar-refractivity contribution in [2.45, 2.75) is 39.8 Å². The summed E-state index contributed by atoms with van der Waals surface area (Å²) >= 11 is 5.94. The number of hydrogen-bond donors (Lipinski definition) is 1. The van der Waals surface area contributed by atoms with Crippen LogP contribution in [0.25, 0.3) is 11.0 Å². The molecule has 1 aromatic heterocycles. The Bertz CT molecular complexity index is 720. The van der Waals surface area contributed by atoms with Crippen molar-refractivity contribution in [1.82, 2.24) is 5.32 Å². The molecule has 0 aliphatic rings. The lowest BCUT2D eigenvalue weighted by molar-refractivity contribution is -0.129. The van der Waals surface area contributed by atoms with Gasteiger partial charge in [0, 0.05) is 22.0 Å². The Kier molecular flexibility index (Phi) is 4.76. The van der Waals surface area contributed by atoms with E-state index in [1.54, 1.807) is 25.1 Å². The standard InChI is InChI=1S/C16H18ClNO4/c1-8(2)18-15(19)10(4)21-16(20)14-9(3)12-7-11(17)5-6-13(12)22-14/h5-8,10H,1-4H3,(H,18,19)/t10-/m0/s1. The minimum atomic E-state index is -0.897. The van der Waals surface area contributed by atoms with E-state index in [0.717, 1.165) is 5.39 Å². The highest BCUT2D eigenvalue weighted by atomic mass is 35.5. The fourth-order valence-corrected chi connectivity index (χ4v) is 2.23. The highest BCUT2D eigenvalue weighted by Crippen LogP contribution is 2.28. The van der Waals surface area contributed by atoms with Gasteiger partial charge >= 0.3 is 5.97 Å². The minimum absolute atomic E-state index is 0.0243. The second-order valence-electron chi connectivity index (χ2n) is 5.41. The number of halogens is 1. The summed E-state index contributed by atoms with van der Waals surface area (Å²) in [6, 6.07) is 5.07. The van der Waals surface area contributed by atoms with E-state index in [1.165, 1.54) is 6.92 Å². The fourth-order valence-electron chi connectivity index (χ4n) is 2.06. The van der Waals surface area contributed by atoms with E-state index in [1.807, 2.05) is 13.8 Å². The molecule has 2 rings (SSSR count). The Morgan fingerprint density at radius 1 is 1.27 bits per heavy atom. The Labute approximate surface area is 133 Å². The van der Waals surface area contributed by atoms with Gasteiger partial charge in [-0.05, 0) is 45.9 Å². The number of rotatable bonds is 4. The first-order valence-corrected chi connectivity index (χ1v) is 7.37. The number of hydrogen-bond acceptors (Lipinski definition) is 4. The van der Waals surface area contributed by atoms with Crippen LogP contribution in [0.2, 0.25) is 5.02 Å². The van der Waals surface area contributed by atoms with E-state index in [0.29, 0.717) is 16.2 Å². The van der Waals surface area contributed by atoms with Crippen molar-refractivity contribution in [3.05, 3.63) is 34.5 Å². The van der Waals surface area contributed by atoms with Gasteiger partial charge in [-0.2, -0.15) is 0 Å². The maximum Gasteiger partial charge on any atom is 0.375 e. The van der Waals surface area contributed by atoms with Gasteiger partial charge in [0.1, 0.15) is 5.58 Å². The number of nitrogens with one attached hydrogen (secondary N) is 1. The maximum atomic E-state index is 12.2. The van der Waals surface area contributed by atoms with Gasteiger partial charge in [0.15, 0.2) is 6.10 Å². The molecule has 2 aromatic rings. The number of aryl methyl sites for hydroxylation is 1. The largest absolute Gasteiger partial charge is 0.449 e. The lowest BCUT2D eigenvalue weighted by atomic mass is 10.1. The molecule has 0 unspecified atom stereocenters. The molecule has 118 valence electrons. The molecule has 0 aliphatic carbocycles. The number of carbonyl (C=O) groups is 2. The molecule has 1 aromatic carbocycles. The minimum Gasteiger partial charge on any atom is -0.449 e. The van der Waals surface area contributed by atoms with Crippen LogP contribution in [-0.4, -0.2) is 24.0 Å². The second kappa shape index (κ2) is 6.40. The van der Waals surface area contributed by atoms with Gasteiger partial charge in [-0.25, -0.2) is 4.79 Å². The molecule has 0 bridgehead atoms. The first kappa shape index (κ1) is 16.4. The van der Waals surface area contributed by atoms with Gasteiger partial charge < -0.3 is 14.5 Å². The number of amides is 1. The number of fused-ring (bicyclic) bond motifs is 1. The number of esters is 1. The predicted octanol–water partition coefficient (Wildman–Crippen LogP) is 3.46.